The number of carbonyl (C=O) groups is 1. The van der Waals surface area contributed by atoms with Crippen LogP contribution in [0.2, 0.25) is 0 Å². The fourth-order valence-electron chi connectivity index (χ4n) is 2.29. The molecule has 2 heterocycles. The molecule has 2 aromatic heterocycles. The summed E-state index contributed by atoms with van der Waals surface area (Å²) in [4.78, 5) is 12.0. The summed E-state index contributed by atoms with van der Waals surface area (Å²) >= 11 is 0. The molecular formula is C16H21NO4. The standard InChI is InChI=1S/C16H21NO4/c1-9-6-14(21-11(9)3)15(18)17-8-16(5,19)13-7-10(2)20-12(13)4/h6-7,19H,8H2,1-5H3,(H,17,18). The molecule has 0 saturated heterocycles. The zero-order chi connectivity index (χ0) is 15.8. The number of amides is 1. The van der Waals surface area contributed by atoms with E-state index in [1.165, 1.54) is 0 Å². The lowest BCUT2D eigenvalue weighted by atomic mass is 9.96. The van der Waals surface area contributed by atoms with Gasteiger partial charge in [-0.05, 0) is 52.3 Å². The fourth-order valence-corrected chi connectivity index (χ4v) is 2.29. The van der Waals surface area contributed by atoms with Crippen molar-refractivity contribution >= 4 is 5.91 Å². The highest BCUT2D eigenvalue weighted by Crippen LogP contribution is 2.26. The van der Waals surface area contributed by atoms with E-state index in [0.717, 1.165) is 11.3 Å². The Morgan fingerprint density at radius 1 is 1.19 bits per heavy atom. The lowest BCUT2D eigenvalue weighted by Crippen LogP contribution is -2.38. The monoisotopic (exact) mass is 291 g/mol. The van der Waals surface area contributed by atoms with Crippen molar-refractivity contribution in [3.8, 4) is 0 Å². The lowest BCUT2D eigenvalue weighted by Gasteiger charge is -2.23. The first kappa shape index (κ1) is 15.4. The molecule has 0 fully saturated rings. The van der Waals surface area contributed by atoms with Gasteiger partial charge in [-0.1, -0.05) is 0 Å². The van der Waals surface area contributed by atoms with Crippen molar-refractivity contribution < 1.29 is 18.7 Å². The average Bonchev–Trinajstić information content (AvgIpc) is 2.90. The van der Waals surface area contributed by atoms with Crippen LogP contribution in [0.3, 0.4) is 0 Å². The van der Waals surface area contributed by atoms with Gasteiger partial charge in [-0.2, -0.15) is 0 Å². The quantitative estimate of drug-likeness (QED) is 0.908. The van der Waals surface area contributed by atoms with Gasteiger partial charge in [0.2, 0.25) is 0 Å². The Morgan fingerprint density at radius 2 is 1.86 bits per heavy atom. The Kier molecular flexibility index (Phi) is 3.96. The van der Waals surface area contributed by atoms with Gasteiger partial charge in [0.25, 0.3) is 5.91 Å². The van der Waals surface area contributed by atoms with Gasteiger partial charge in [-0.15, -0.1) is 0 Å². The van der Waals surface area contributed by atoms with Crippen LogP contribution in [-0.2, 0) is 5.60 Å². The third-order valence-corrected chi connectivity index (χ3v) is 3.60. The van der Waals surface area contributed by atoms with Crippen molar-refractivity contribution in [1.82, 2.24) is 5.32 Å². The first-order valence-corrected chi connectivity index (χ1v) is 6.86. The molecule has 114 valence electrons. The highest BCUT2D eigenvalue weighted by molar-refractivity contribution is 5.91. The number of carbonyl (C=O) groups excluding carboxylic acids is 1. The van der Waals surface area contributed by atoms with Crippen LogP contribution in [0.4, 0.5) is 0 Å². The van der Waals surface area contributed by atoms with Crippen molar-refractivity contribution in [3.05, 3.63) is 46.3 Å². The maximum absolute atomic E-state index is 12.0. The zero-order valence-corrected chi connectivity index (χ0v) is 13.0. The van der Waals surface area contributed by atoms with Crippen molar-refractivity contribution in [2.45, 2.75) is 40.2 Å². The summed E-state index contributed by atoms with van der Waals surface area (Å²) in [6.07, 6.45) is 0. The first-order valence-electron chi connectivity index (χ1n) is 6.86. The van der Waals surface area contributed by atoms with E-state index < -0.39 is 5.60 Å². The summed E-state index contributed by atoms with van der Waals surface area (Å²) in [5, 5.41) is 13.2. The second kappa shape index (κ2) is 5.41. The SMILES string of the molecule is Cc1cc(C(C)(O)CNC(=O)c2cc(C)c(C)o2)c(C)o1. The van der Waals surface area contributed by atoms with Gasteiger partial charge in [0.15, 0.2) is 5.76 Å². The Bertz CT molecular complexity index is 644. The molecule has 0 spiro atoms. The molecule has 1 amide bonds. The van der Waals surface area contributed by atoms with Crippen molar-refractivity contribution in [2.75, 3.05) is 6.54 Å². The maximum atomic E-state index is 12.0. The smallest absolute Gasteiger partial charge is 0.287 e. The van der Waals surface area contributed by atoms with Crippen molar-refractivity contribution in [1.29, 1.82) is 0 Å². The number of hydrogen-bond donors (Lipinski definition) is 2. The van der Waals surface area contributed by atoms with Gasteiger partial charge in [0, 0.05) is 5.56 Å². The number of nitrogens with one attached hydrogen (secondary N) is 1. The van der Waals surface area contributed by atoms with E-state index in [1.807, 2.05) is 13.8 Å². The summed E-state index contributed by atoms with van der Waals surface area (Å²) in [7, 11) is 0. The highest BCUT2D eigenvalue weighted by atomic mass is 16.4. The molecule has 2 N–H and O–H groups in total. The van der Waals surface area contributed by atoms with E-state index in [-0.39, 0.29) is 18.2 Å². The summed E-state index contributed by atoms with van der Waals surface area (Å²) in [5.74, 6) is 2.00. The number of aliphatic hydroxyl groups is 1. The van der Waals surface area contributed by atoms with Crippen LogP contribution in [0.1, 0.15) is 45.9 Å². The molecule has 0 aliphatic rings. The van der Waals surface area contributed by atoms with Crippen LogP contribution in [0.5, 0.6) is 0 Å². The van der Waals surface area contributed by atoms with Gasteiger partial charge < -0.3 is 19.3 Å². The summed E-state index contributed by atoms with van der Waals surface area (Å²) in [5.41, 5.74) is 0.397. The minimum Gasteiger partial charge on any atom is -0.466 e. The minimum atomic E-state index is -1.20. The van der Waals surface area contributed by atoms with Crippen LogP contribution >= 0.6 is 0 Å². The Balaban J connectivity index is 2.08. The molecule has 5 heteroatoms. The van der Waals surface area contributed by atoms with Crippen LogP contribution in [0.15, 0.2) is 21.0 Å². The van der Waals surface area contributed by atoms with Crippen LogP contribution in [-0.4, -0.2) is 17.6 Å². The third kappa shape index (κ3) is 3.19. The molecule has 5 nitrogen and oxygen atoms in total. The minimum absolute atomic E-state index is 0.0739. The maximum Gasteiger partial charge on any atom is 0.287 e. The number of aryl methyl sites for hydroxylation is 4. The second-order valence-electron chi connectivity index (χ2n) is 5.63. The molecule has 0 aliphatic carbocycles. The van der Waals surface area contributed by atoms with E-state index >= 15 is 0 Å². The van der Waals surface area contributed by atoms with Gasteiger partial charge >= 0.3 is 0 Å². The van der Waals surface area contributed by atoms with Crippen LogP contribution in [0, 0.1) is 27.7 Å². The average molecular weight is 291 g/mol. The summed E-state index contributed by atoms with van der Waals surface area (Å²) in [6.45, 7) is 9.01. The zero-order valence-electron chi connectivity index (χ0n) is 13.0. The lowest BCUT2D eigenvalue weighted by molar-refractivity contribution is 0.0506. The topological polar surface area (TPSA) is 75.6 Å². The second-order valence-corrected chi connectivity index (χ2v) is 5.63. The molecule has 0 aliphatic heterocycles. The van der Waals surface area contributed by atoms with Gasteiger partial charge in [-0.3, -0.25) is 4.79 Å². The molecular weight excluding hydrogens is 270 g/mol. The molecule has 1 unspecified atom stereocenters. The van der Waals surface area contributed by atoms with E-state index in [2.05, 4.69) is 5.32 Å². The summed E-state index contributed by atoms with van der Waals surface area (Å²) in [6, 6.07) is 3.47. The predicted molar refractivity (Wildman–Crippen MR) is 78.3 cm³/mol. The number of rotatable bonds is 4. The molecule has 0 bridgehead atoms. The third-order valence-electron chi connectivity index (χ3n) is 3.60. The molecule has 2 rings (SSSR count). The van der Waals surface area contributed by atoms with E-state index in [0.29, 0.717) is 17.1 Å². The van der Waals surface area contributed by atoms with E-state index in [1.54, 1.807) is 32.9 Å². The van der Waals surface area contributed by atoms with Gasteiger partial charge in [-0.25, -0.2) is 0 Å². The molecule has 0 radical (unpaired) electrons. The van der Waals surface area contributed by atoms with Crippen LogP contribution in [0.25, 0.3) is 0 Å². The molecule has 1 atom stereocenters. The van der Waals surface area contributed by atoms with Gasteiger partial charge in [0.1, 0.15) is 22.9 Å². The first-order chi connectivity index (χ1) is 9.70. The van der Waals surface area contributed by atoms with Gasteiger partial charge in [0.05, 0.1) is 6.54 Å². The number of furan rings is 2. The molecule has 21 heavy (non-hydrogen) atoms. The molecule has 0 saturated carbocycles. The van der Waals surface area contributed by atoms with E-state index in [9.17, 15) is 9.90 Å². The Labute approximate surface area is 124 Å². The van der Waals surface area contributed by atoms with Crippen molar-refractivity contribution in [2.24, 2.45) is 0 Å². The van der Waals surface area contributed by atoms with E-state index in [4.69, 9.17) is 8.83 Å². The molecule has 2 aromatic rings. The van der Waals surface area contributed by atoms with Crippen molar-refractivity contribution in [3.63, 3.8) is 0 Å². The molecule has 0 aromatic carbocycles. The van der Waals surface area contributed by atoms with Crippen LogP contribution < -0.4 is 5.32 Å². The summed E-state index contributed by atoms with van der Waals surface area (Å²) < 4.78 is 10.8. The fraction of sp³-hybridized carbons (Fsp3) is 0.438. The predicted octanol–water partition coefficient (Wildman–Crippen LogP) is 2.74. The normalized spacial score (nSPS) is 14.0. The Morgan fingerprint density at radius 3 is 2.33 bits per heavy atom. The number of hydrogen-bond acceptors (Lipinski definition) is 4. The Hall–Kier alpha value is -2.01. The largest absolute Gasteiger partial charge is 0.466 e. The highest BCUT2D eigenvalue weighted by Gasteiger charge is 2.28.